The number of hydrogen-bond donors (Lipinski definition) is 1. The molecule has 2 fully saturated rings. The third-order valence-corrected chi connectivity index (χ3v) is 12.0. The molecule has 1 N–H and O–H groups in total. The molecule has 9 heteroatoms. The molecule has 2 saturated heterocycles. The van der Waals surface area contributed by atoms with E-state index in [9.17, 15) is 19.5 Å². The number of carbonyl (C=O) groups excluding carboxylic acids is 3. The Kier molecular flexibility index (Phi) is 8.61. The highest BCUT2D eigenvalue weighted by atomic mass is 32.2. The van der Waals surface area contributed by atoms with Crippen molar-refractivity contribution in [1.82, 2.24) is 9.80 Å². The predicted octanol–water partition coefficient (Wildman–Crippen LogP) is 4.49. The lowest BCUT2D eigenvalue weighted by Crippen LogP contribution is -2.56. The molecule has 45 heavy (non-hydrogen) atoms. The Morgan fingerprint density at radius 1 is 0.889 bits per heavy atom. The summed E-state index contributed by atoms with van der Waals surface area (Å²) in [5.74, 6) is -1.86. The van der Waals surface area contributed by atoms with Crippen molar-refractivity contribution in [3.8, 4) is 0 Å². The number of benzene rings is 2. The lowest BCUT2D eigenvalue weighted by molar-refractivity contribution is -0.145. The van der Waals surface area contributed by atoms with Gasteiger partial charge in [0.25, 0.3) is 5.91 Å². The minimum atomic E-state index is -0.957. The summed E-state index contributed by atoms with van der Waals surface area (Å²) < 4.78 is -1.64. The minimum absolute atomic E-state index is 0.0688. The summed E-state index contributed by atoms with van der Waals surface area (Å²) in [6.07, 6.45) is 8.66. The molecule has 238 valence electrons. The van der Waals surface area contributed by atoms with Crippen molar-refractivity contribution in [2.45, 2.75) is 62.2 Å². The van der Waals surface area contributed by atoms with Gasteiger partial charge >= 0.3 is 0 Å². The van der Waals surface area contributed by atoms with Crippen molar-refractivity contribution < 1.29 is 19.5 Å². The number of thioether (sulfide) groups is 1. The summed E-state index contributed by atoms with van der Waals surface area (Å²) in [5, 5.41) is 10.5. The van der Waals surface area contributed by atoms with Crippen LogP contribution in [0.4, 0.5) is 11.4 Å². The third-order valence-electron chi connectivity index (χ3n) is 10.2. The monoisotopic (exact) mass is 628 g/mol. The summed E-state index contributed by atoms with van der Waals surface area (Å²) in [7, 11) is 0. The SMILES string of the molecule is CC[C@@H](CO)N1C(=O)[C@@H]2[C@H]3C(=O)N(Cc4ccccc4)CC=C[C@@]3(C)S[C@@]23C=CCN(c2ccc(N(CC)CC)cc2)C(=O)C13. The number of rotatable bonds is 9. The fourth-order valence-corrected chi connectivity index (χ4v) is 10.1. The van der Waals surface area contributed by atoms with E-state index in [1.165, 1.54) is 0 Å². The zero-order chi connectivity index (χ0) is 31.9. The Balaban J connectivity index is 1.41. The van der Waals surface area contributed by atoms with Crippen molar-refractivity contribution in [1.29, 1.82) is 0 Å². The van der Waals surface area contributed by atoms with Gasteiger partial charge in [-0.05, 0) is 57.0 Å². The second-order valence-electron chi connectivity index (χ2n) is 12.6. The van der Waals surface area contributed by atoms with E-state index in [1.54, 1.807) is 21.6 Å². The van der Waals surface area contributed by atoms with Gasteiger partial charge in [0.15, 0.2) is 0 Å². The maximum absolute atomic E-state index is 14.8. The normalized spacial score (nSPS) is 29.8. The zero-order valence-corrected chi connectivity index (χ0v) is 27.5. The van der Waals surface area contributed by atoms with E-state index in [4.69, 9.17) is 0 Å². The zero-order valence-electron chi connectivity index (χ0n) is 26.6. The number of aliphatic hydroxyl groups excluding tert-OH is 1. The van der Waals surface area contributed by atoms with Crippen molar-refractivity contribution in [2.24, 2.45) is 11.8 Å². The molecule has 0 radical (unpaired) electrons. The van der Waals surface area contributed by atoms with Gasteiger partial charge in [0.05, 0.1) is 29.2 Å². The molecule has 2 aromatic carbocycles. The molecule has 8 nitrogen and oxygen atoms in total. The van der Waals surface area contributed by atoms with Gasteiger partial charge in [0.2, 0.25) is 11.8 Å². The molecular weight excluding hydrogens is 584 g/mol. The highest BCUT2D eigenvalue weighted by Crippen LogP contribution is 2.66. The first-order valence-corrected chi connectivity index (χ1v) is 17.0. The molecule has 4 aliphatic rings. The third kappa shape index (κ3) is 5.08. The molecule has 4 heterocycles. The van der Waals surface area contributed by atoms with Crippen LogP contribution in [0.2, 0.25) is 0 Å². The van der Waals surface area contributed by atoms with Crippen LogP contribution in [-0.2, 0) is 20.9 Å². The fraction of sp³-hybridized carbons (Fsp3) is 0.472. The van der Waals surface area contributed by atoms with Crippen LogP contribution in [0.1, 0.15) is 39.7 Å². The van der Waals surface area contributed by atoms with E-state index >= 15 is 0 Å². The standard InChI is InChI=1S/C36H44N4O4S/c1-5-26(24-41)40-31-34(44)39(28-17-15-27(16-18-28)37(6-2)7-3)22-12-20-36(31)30(33(40)43)29-32(42)38(21-11-19-35(29,4)45-36)23-25-13-9-8-10-14-25/h8-20,26,29-31,41H,5-7,21-24H2,1-4H3/t26-,29-,30-,31?,35+,36-/m0/s1. The number of nitrogens with zero attached hydrogens (tertiary/aromatic N) is 4. The van der Waals surface area contributed by atoms with Crippen LogP contribution in [0.15, 0.2) is 78.9 Å². The highest BCUT2D eigenvalue weighted by molar-refractivity contribution is 8.02. The molecule has 6 rings (SSSR count). The van der Waals surface area contributed by atoms with E-state index in [0.29, 0.717) is 26.1 Å². The van der Waals surface area contributed by atoms with E-state index in [1.807, 2.05) is 91.6 Å². The average Bonchev–Trinajstić information content (AvgIpc) is 3.32. The van der Waals surface area contributed by atoms with Gasteiger partial charge in [0.1, 0.15) is 6.04 Å². The van der Waals surface area contributed by atoms with Gasteiger partial charge in [-0.25, -0.2) is 0 Å². The summed E-state index contributed by atoms with van der Waals surface area (Å²) >= 11 is 1.58. The number of hydrogen-bond acceptors (Lipinski definition) is 6. The molecule has 3 amide bonds. The molecule has 6 atom stereocenters. The number of fused-ring (bicyclic) bond motifs is 2. The molecule has 1 spiro atoms. The smallest absolute Gasteiger partial charge is 0.251 e. The lowest BCUT2D eigenvalue weighted by atomic mass is 9.74. The summed E-state index contributed by atoms with van der Waals surface area (Å²) in [6, 6.07) is 16.5. The molecule has 2 aromatic rings. The Morgan fingerprint density at radius 2 is 1.58 bits per heavy atom. The minimum Gasteiger partial charge on any atom is -0.394 e. The Labute approximate surface area is 270 Å². The maximum Gasteiger partial charge on any atom is 0.251 e. The van der Waals surface area contributed by atoms with Gasteiger partial charge in [-0.1, -0.05) is 61.6 Å². The van der Waals surface area contributed by atoms with Crippen LogP contribution in [0.25, 0.3) is 0 Å². The van der Waals surface area contributed by atoms with Crippen molar-refractivity contribution in [3.05, 3.63) is 84.5 Å². The Bertz CT molecular complexity index is 1490. The van der Waals surface area contributed by atoms with Crippen LogP contribution in [0, 0.1) is 11.8 Å². The van der Waals surface area contributed by atoms with E-state index in [-0.39, 0.29) is 24.3 Å². The second kappa shape index (κ2) is 12.3. The molecular formula is C36H44N4O4S. The van der Waals surface area contributed by atoms with E-state index < -0.39 is 33.4 Å². The van der Waals surface area contributed by atoms with Crippen LogP contribution < -0.4 is 9.80 Å². The van der Waals surface area contributed by atoms with Gasteiger partial charge in [-0.2, -0.15) is 0 Å². The quantitative estimate of drug-likeness (QED) is 0.412. The van der Waals surface area contributed by atoms with Crippen molar-refractivity contribution in [3.63, 3.8) is 0 Å². The number of aliphatic hydroxyl groups is 1. The van der Waals surface area contributed by atoms with Crippen LogP contribution >= 0.6 is 11.8 Å². The number of carbonyl (C=O) groups is 3. The predicted molar refractivity (Wildman–Crippen MR) is 180 cm³/mol. The maximum atomic E-state index is 14.8. The average molecular weight is 629 g/mol. The van der Waals surface area contributed by atoms with Gasteiger partial charge < -0.3 is 24.7 Å². The van der Waals surface area contributed by atoms with Crippen molar-refractivity contribution >= 4 is 40.9 Å². The summed E-state index contributed by atoms with van der Waals surface area (Å²) in [5.41, 5.74) is 2.88. The first kappa shape index (κ1) is 31.4. The van der Waals surface area contributed by atoms with Gasteiger partial charge in [0, 0.05) is 48.8 Å². The first-order chi connectivity index (χ1) is 21.7. The Morgan fingerprint density at radius 3 is 2.22 bits per heavy atom. The molecule has 0 bridgehead atoms. The molecule has 0 saturated carbocycles. The molecule has 1 unspecified atom stereocenters. The van der Waals surface area contributed by atoms with Gasteiger partial charge in [-0.3, -0.25) is 14.4 Å². The number of likely N-dealkylation sites (tertiary alicyclic amines) is 1. The molecule has 0 aliphatic carbocycles. The topological polar surface area (TPSA) is 84.4 Å². The number of anilines is 2. The highest BCUT2D eigenvalue weighted by Gasteiger charge is 2.74. The van der Waals surface area contributed by atoms with Crippen LogP contribution in [0.5, 0.6) is 0 Å². The molecule has 4 aliphatic heterocycles. The largest absolute Gasteiger partial charge is 0.394 e. The fourth-order valence-electron chi connectivity index (χ4n) is 7.93. The lowest BCUT2D eigenvalue weighted by Gasteiger charge is -2.39. The van der Waals surface area contributed by atoms with E-state index in [0.717, 1.165) is 30.0 Å². The van der Waals surface area contributed by atoms with Crippen molar-refractivity contribution in [2.75, 3.05) is 42.6 Å². The Hall–Kier alpha value is -3.56. The summed E-state index contributed by atoms with van der Waals surface area (Å²) in [6.45, 7) is 11.0. The summed E-state index contributed by atoms with van der Waals surface area (Å²) in [4.78, 5) is 51.5. The number of amides is 3. The van der Waals surface area contributed by atoms with Crippen LogP contribution in [0.3, 0.4) is 0 Å². The first-order valence-electron chi connectivity index (χ1n) is 16.2. The van der Waals surface area contributed by atoms with E-state index in [2.05, 4.69) is 24.8 Å². The van der Waals surface area contributed by atoms with Crippen LogP contribution in [-0.4, -0.2) is 87.0 Å². The van der Waals surface area contributed by atoms with Gasteiger partial charge in [-0.15, -0.1) is 11.8 Å². The molecule has 0 aromatic heterocycles. The second-order valence-corrected chi connectivity index (χ2v) is 14.4.